The van der Waals surface area contributed by atoms with Gasteiger partial charge in [0.1, 0.15) is 0 Å². The number of amides is 1. The van der Waals surface area contributed by atoms with Crippen molar-refractivity contribution in [3.63, 3.8) is 0 Å². The van der Waals surface area contributed by atoms with E-state index in [0.717, 1.165) is 30.0 Å². The summed E-state index contributed by atoms with van der Waals surface area (Å²) >= 11 is 0. The van der Waals surface area contributed by atoms with Gasteiger partial charge in [-0.15, -0.1) is 0 Å². The highest BCUT2D eigenvalue weighted by Crippen LogP contribution is 2.24. The number of fused-ring (bicyclic) bond motifs is 1. The lowest BCUT2D eigenvalue weighted by molar-refractivity contribution is 0.0723. The van der Waals surface area contributed by atoms with Crippen LogP contribution in [0.25, 0.3) is 10.8 Å². The van der Waals surface area contributed by atoms with E-state index in [2.05, 4.69) is 5.32 Å². The monoisotopic (exact) mass is 284 g/mol. The fourth-order valence-corrected chi connectivity index (χ4v) is 3.07. The van der Waals surface area contributed by atoms with Crippen molar-refractivity contribution in [1.82, 2.24) is 5.32 Å². The summed E-state index contributed by atoms with van der Waals surface area (Å²) in [6.07, 6.45) is 3.14. The molecular weight excluding hydrogens is 264 g/mol. The van der Waals surface area contributed by atoms with Gasteiger partial charge in [-0.05, 0) is 42.2 Å². The number of hydrogen-bond acceptors (Lipinski definition) is 3. The van der Waals surface area contributed by atoms with E-state index in [1.54, 1.807) is 7.11 Å². The summed E-state index contributed by atoms with van der Waals surface area (Å²) in [6.45, 7) is 0. The quantitative estimate of drug-likeness (QED) is 0.852. The lowest BCUT2D eigenvalue weighted by Crippen LogP contribution is -2.40. The average Bonchev–Trinajstić information content (AvgIpc) is 2.93. The van der Waals surface area contributed by atoms with Crippen LogP contribution in [0, 0.1) is 0 Å². The Labute approximate surface area is 124 Å². The molecule has 2 atom stereocenters. The van der Waals surface area contributed by atoms with Crippen LogP contribution in [0.1, 0.15) is 29.6 Å². The van der Waals surface area contributed by atoms with Crippen LogP contribution in [0.3, 0.4) is 0 Å². The van der Waals surface area contributed by atoms with Crippen molar-refractivity contribution in [2.45, 2.75) is 31.4 Å². The van der Waals surface area contributed by atoms with Gasteiger partial charge < -0.3 is 15.8 Å². The number of ether oxygens (including phenoxy) is 1. The second kappa shape index (κ2) is 5.74. The topological polar surface area (TPSA) is 64.3 Å². The molecule has 1 saturated carbocycles. The molecule has 0 saturated heterocycles. The predicted molar refractivity (Wildman–Crippen MR) is 84.3 cm³/mol. The fourth-order valence-electron chi connectivity index (χ4n) is 3.07. The highest BCUT2D eigenvalue weighted by atomic mass is 16.5. The SMILES string of the molecule is COC1CCCC1NC(=O)c1cc2ccccc2cc1N. The van der Waals surface area contributed by atoms with E-state index in [9.17, 15) is 4.79 Å². The second-order valence-electron chi connectivity index (χ2n) is 5.57. The number of nitrogen functional groups attached to an aromatic ring is 1. The minimum atomic E-state index is -0.118. The lowest BCUT2D eigenvalue weighted by Gasteiger charge is -2.20. The molecule has 110 valence electrons. The summed E-state index contributed by atoms with van der Waals surface area (Å²) in [5.74, 6) is -0.118. The number of hydrogen-bond donors (Lipinski definition) is 2. The summed E-state index contributed by atoms with van der Waals surface area (Å²) in [4.78, 5) is 12.5. The molecule has 2 aromatic carbocycles. The Morgan fingerprint density at radius 3 is 2.67 bits per heavy atom. The van der Waals surface area contributed by atoms with E-state index in [0.29, 0.717) is 11.3 Å². The third kappa shape index (κ3) is 2.72. The molecule has 2 unspecified atom stereocenters. The van der Waals surface area contributed by atoms with Crippen molar-refractivity contribution in [2.24, 2.45) is 0 Å². The normalized spacial score (nSPS) is 21.6. The zero-order valence-corrected chi connectivity index (χ0v) is 12.1. The molecule has 2 aromatic rings. The molecule has 4 nitrogen and oxygen atoms in total. The van der Waals surface area contributed by atoms with Crippen LogP contribution < -0.4 is 11.1 Å². The summed E-state index contributed by atoms with van der Waals surface area (Å²) in [5, 5.41) is 5.12. The summed E-state index contributed by atoms with van der Waals surface area (Å²) in [6, 6.07) is 11.7. The number of anilines is 1. The van der Waals surface area contributed by atoms with Crippen molar-refractivity contribution >= 4 is 22.4 Å². The Balaban J connectivity index is 1.85. The Kier molecular flexibility index (Phi) is 3.80. The zero-order chi connectivity index (χ0) is 14.8. The molecule has 3 rings (SSSR count). The van der Waals surface area contributed by atoms with Crippen molar-refractivity contribution < 1.29 is 9.53 Å². The number of carbonyl (C=O) groups is 1. The van der Waals surface area contributed by atoms with E-state index >= 15 is 0 Å². The van der Waals surface area contributed by atoms with Gasteiger partial charge in [0.05, 0.1) is 17.7 Å². The highest BCUT2D eigenvalue weighted by Gasteiger charge is 2.29. The van der Waals surface area contributed by atoms with Crippen molar-refractivity contribution in [2.75, 3.05) is 12.8 Å². The predicted octanol–water partition coefficient (Wildman–Crippen LogP) is 2.72. The summed E-state index contributed by atoms with van der Waals surface area (Å²) < 4.78 is 5.42. The maximum atomic E-state index is 12.5. The van der Waals surface area contributed by atoms with Crippen molar-refractivity contribution in [3.05, 3.63) is 42.0 Å². The van der Waals surface area contributed by atoms with Crippen LogP contribution in [-0.2, 0) is 4.74 Å². The first-order chi connectivity index (χ1) is 10.2. The standard InChI is InChI=1S/C17H20N2O2/c1-21-16-8-4-7-15(16)19-17(20)13-9-11-5-2-3-6-12(11)10-14(13)18/h2-3,5-6,9-10,15-16H,4,7-8,18H2,1H3,(H,19,20). The largest absolute Gasteiger partial charge is 0.398 e. The Morgan fingerprint density at radius 1 is 1.24 bits per heavy atom. The van der Waals surface area contributed by atoms with Crippen LogP contribution in [0.4, 0.5) is 5.69 Å². The first-order valence-corrected chi connectivity index (χ1v) is 7.31. The van der Waals surface area contributed by atoms with Gasteiger partial charge in [-0.1, -0.05) is 24.3 Å². The Bertz CT molecular complexity index is 669. The van der Waals surface area contributed by atoms with E-state index in [4.69, 9.17) is 10.5 Å². The molecule has 0 radical (unpaired) electrons. The van der Waals surface area contributed by atoms with Crippen molar-refractivity contribution in [3.8, 4) is 0 Å². The lowest BCUT2D eigenvalue weighted by atomic mass is 10.0. The number of rotatable bonds is 3. The van der Waals surface area contributed by atoms with Gasteiger partial charge in [0, 0.05) is 12.8 Å². The molecule has 4 heteroatoms. The number of benzene rings is 2. The minimum Gasteiger partial charge on any atom is -0.398 e. The molecule has 21 heavy (non-hydrogen) atoms. The number of nitrogens with one attached hydrogen (secondary N) is 1. The Morgan fingerprint density at radius 2 is 1.95 bits per heavy atom. The molecule has 1 aliphatic carbocycles. The molecule has 1 fully saturated rings. The van der Waals surface area contributed by atoms with Crippen LogP contribution in [0.5, 0.6) is 0 Å². The van der Waals surface area contributed by atoms with Crippen molar-refractivity contribution in [1.29, 1.82) is 0 Å². The van der Waals surface area contributed by atoms with Crippen LogP contribution in [0.15, 0.2) is 36.4 Å². The maximum Gasteiger partial charge on any atom is 0.253 e. The zero-order valence-electron chi connectivity index (χ0n) is 12.1. The smallest absolute Gasteiger partial charge is 0.253 e. The van der Waals surface area contributed by atoms with Gasteiger partial charge >= 0.3 is 0 Å². The van der Waals surface area contributed by atoms with E-state index in [1.807, 2.05) is 36.4 Å². The Hall–Kier alpha value is -2.07. The molecule has 0 heterocycles. The number of methoxy groups -OCH3 is 1. The number of carbonyl (C=O) groups excluding carboxylic acids is 1. The van der Waals surface area contributed by atoms with Gasteiger partial charge in [0.25, 0.3) is 5.91 Å². The van der Waals surface area contributed by atoms with Crippen LogP contribution in [-0.4, -0.2) is 25.2 Å². The molecule has 0 aliphatic heterocycles. The molecular formula is C17H20N2O2. The first kappa shape index (κ1) is 13.9. The molecule has 1 amide bonds. The van der Waals surface area contributed by atoms with E-state index < -0.39 is 0 Å². The fraction of sp³-hybridized carbons (Fsp3) is 0.353. The first-order valence-electron chi connectivity index (χ1n) is 7.31. The molecule has 1 aliphatic rings. The van der Waals surface area contributed by atoms with Gasteiger partial charge in [0.2, 0.25) is 0 Å². The number of nitrogens with two attached hydrogens (primary N) is 1. The summed E-state index contributed by atoms with van der Waals surface area (Å²) in [7, 11) is 1.69. The average molecular weight is 284 g/mol. The van der Waals surface area contributed by atoms with E-state index in [1.165, 1.54) is 0 Å². The summed E-state index contributed by atoms with van der Waals surface area (Å²) in [5.41, 5.74) is 7.09. The third-order valence-electron chi connectivity index (χ3n) is 4.23. The molecule has 3 N–H and O–H groups in total. The van der Waals surface area contributed by atoms with Gasteiger partial charge in [-0.25, -0.2) is 0 Å². The van der Waals surface area contributed by atoms with E-state index in [-0.39, 0.29) is 18.1 Å². The maximum absolute atomic E-state index is 12.5. The van der Waals surface area contributed by atoms with Crippen LogP contribution >= 0.6 is 0 Å². The third-order valence-corrected chi connectivity index (χ3v) is 4.23. The van der Waals surface area contributed by atoms with Gasteiger partial charge in [-0.2, -0.15) is 0 Å². The van der Waals surface area contributed by atoms with Crippen LogP contribution in [0.2, 0.25) is 0 Å². The van der Waals surface area contributed by atoms with Gasteiger partial charge in [0.15, 0.2) is 0 Å². The molecule has 0 bridgehead atoms. The minimum absolute atomic E-state index is 0.0772. The highest BCUT2D eigenvalue weighted by molar-refractivity contribution is 6.04. The second-order valence-corrected chi connectivity index (χ2v) is 5.57. The van der Waals surface area contributed by atoms with Gasteiger partial charge in [-0.3, -0.25) is 4.79 Å². The molecule has 0 aromatic heterocycles. The molecule has 0 spiro atoms.